The summed E-state index contributed by atoms with van der Waals surface area (Å²) < 4.78 is 18.4. The van der Waals surface area contributed by atoms with Gasteiger partial charge in [-0.2, -0.15) is 0 Å². The molecule has 1 aromatic rings. The Bertz CT molecular complexity index is 421. The van der Waals surface area contributed by atoms with Crippen LogP contribution in [0.4, 0.5) is 9.18 Å². The molecule has 0 aliphatic heterocycles. The summed E-state index contributed by atoms with van der Waals surface area (Å²) in [7, 11) is 1.42. The monoisotopic (exact) mass is 303 g/mol. The van der Waals surface area contributed by atoms with Crippen LogP contribution in [-0.4, -0.2) is 18.5 Å². The molecular formula is C12H15BrFNO2. The average molecular weight is 304 g/mol. The van der Waals surface area contributed by atoms with E-state index in [2.05, 4.69) is 21.2 Å². The van der Waals surface area contributed by atoms with Gasteiger partial charge in [0.2, 0.25) is 0 Å². The first-order chi connectivity index (χ1) is 7.86. The van der Waals surface area contributed by atoms with Gasteiger partial charge in [-0.25, -0.2) is 4.39 Å². The zero-order valence-electron chi connectivity index (χ0n) is 10.0. The van der Waals surface area contributed by atoms with Crippen molar-refractivity contribution in [2.45, 2.75) is 19.3 Å². The number of hydrogen-bond acceptors (Lipinski definition) is 2. The number of methoxy groups -OCH3 is 1. The first-order valence-corrected chi connectivity index (χ1v) is 5.93. The summed E-state index contributed by atoms with van der Waals surface area (Å²) in [6.45, 7) is 4.28. The Morgan fingerprint density at radius 3 is 2.65 bits per heavy atom. The average Bonchev–Trinajstić information content (AvgIpc) is 2.26. The summed E-state index contributed by atoms with van der Waals surface area (Å²) in [6.07, 6.45) is 0. The number of carbonyl (C=O) groups excluding carboxylic acids is 1. The topological polar surface area (TPSA) is 38.3 Å². The standard InChI is InChI=1S/C12H15BrFNO2/c1-12(2,7-15-11(13)16)8-4-5-10(17-3)9(14)6-8/h4-6H,7H2,1-3H3,(H,15,16). The van der Waals surface area contributed by atoms with Crippen molar-refractivity contribution in [2.24, 2.45) is 0 Å². The number of halogens is 2. The summed E-state index contributed by atoms with van der Waals surface area (Å²) >= 11 is 2.79. The molecule has 0 aliphatic carbocycles. The second kappa shape index (κ2) is 5.49. The third-order valence-corrected chi connectivity index (χ3v) is 2.88. The molecule has 0 spiro atoms. The molecule has 0 bridgehead atoms. The van der Waals surface area contributed by atoms with Gasteiger partial charge in [-0.15, -0.1) is 0 Å². The van der Waals surface area contributed by atoms with Crippen LogP contribution in [-0.2, 0) is 5.41 Å². The first kappa shape index (κ1) is 14.0. The van der Waals surface area contributed by atoms with E-state index in [4.69, 9.17) is 4.74 Å². The molecule has 0 radical (unpaired) electrons. The fraction of sp³-hybridized carbons (Fsp3) is 0.417. The van der Waals surface area contributed by atoms with Crippen molar-refractivity contribution in [1.82, 2.24) is 5.32 Å². The zero-order valence-corrected chi connectivity index (χ0v) is 11.6. The van der Waals surface area contributed by atoms with Crippen LogP contribution in [0.3, 0.4) is 0 Å². The highest BCUT2D eigenvalue weighted by Crippen LogP contribution is 2.27. The Balaban J connectivity index is 2.90. The van der Waals surface area contributed by atoms with Crippen molar-refractivity contribution < 1.29 is 13.9 Å². The molecule has 0 heterocycles. The van der Waals surface area contributed by atoms with Gasteiger partial charge in [0.05, 0.1) is 7.11 Å². The minimum atomic E-state index is -0.400. The van der Waals surface area contributed by atoms with Crippen LogP contribution in [0.15, 0.2) is 18.2 Å². The highest BCUT2D eigenvalue weighted by Gasteiger charge is 2.22. The molecule has 5 heteroatoms. The lowest BCUT2D eigenvalue weighted by Gasteiger charge is -2.25. The van der Waals surface area contributed by atoms with E-state index in [-0.39, 0.29) is 16.0 Å². The van der Waals surface area contributed by atoms with Gasteiger partial charge in [0.25, 0.3) is 4.82 Å². The molecule has 17 heavy (non-hydrogen) atoms. The number of nitrogens with one attached hydrogen (secondary N) is 1. The fourth-order valence-electron chi connectivity index (χ4n) is 1.48. The van der Waals surface area contributed by atoms with E-state index in [0.717, 1.165) is 5.56 Å². The maximum atomic E-state index is 13.6. The molecule has 1 aromatic carbocycles. The third-order valence-electron chi connectivity index (χ3n) is 2.60. The van der Waals surface area contributed by atoms with Crippen LogP contribution in [0.5, 0.6) is 5.75 Å². The number of rotatable bonds is 4. The van der Waals surface area contributed by atoms with Crippen molar-refractivity contribution in [3.8, 4) is 5.75 Å². The van der Waals surface area contributed by atoms with Crippen LogP contribution < -0.4 is 10.1 Å². The summed E-state index contributed by atoms with van der Waals surface area (Å²) in [5.74, 6) is -0.183. The van der Waals surface area contributed by atoms with Gasteiger partial charge >= 0.3 is 0 Å². The van der Waals surface area contributed by atoms with Crippen LogP contribution in [0.1, 0.15) is 19.4 Å². The Morgan fingerprint density at radius 1 is 1.53 bits per heavy atom. The minimum absolute atomic E-state index is 0.217. The molecule has 0 aromatic heterocycles. The van der Waals surface area contributed by atoms with Gasteiger partial charge in [0, 0.05) is 27.9 Å². The van der Waals surface area contributed by atoms with Crippen LogP contribution in [0.2, 0.25) is 0 Å². The van der Waals surface area contributed by atoms with Gasteiger partial charge in [-0.1, -0.05) is 19.9 Å². The smallest absolute Gasteiger partial charge is 0.287 e. The highest BCUT2D eigenvalue weighted by molar-refractivity contribution is 9.18. The Kier molecular flexibility index (Phi) is 4.51. The molecule has 0 aliphatic rings. The van der Waals surface area contributed by atoms with E-state index in [1.165, 1.54) is 13.2 Å². The zero-order chi connectivity index (χ0) is 13.1. The maximum absolute atomic E-state index is 13.6. The van der Waals surface area contributed by atoms with Gasteiger partial charge in [0.15, 0.2) is 11.6 Å². The molecule has 1 rings (SSSR count). The van der Waals surface area contributed by atoms with E-state index >= 15 is 0 Å². The van der Waals surface area contributed by atoms with Crippen LogP contribution in [0, 0.1) is 5.82 Å². The molecule has 1 N–H and O–H groups in total. The summed E-state index contributed by atoms with van der Waals surface area (Å²) in [5.41, 5.74) is 0.452. The molecule has 0 unspecified atom stereocenters. The van der Waals surface area contributed by atoms with Gasteiger partial charge in [-0.05, 0) is 17.7 Å². The maximum Gasteiger partial charge on any atom is 0.287 e. The van der Waals surface area contributed by atoms with E-state index in [1.807, 2.05) is 13.8 Å². The molecule has 3 nitrogen and oxygen atoms in total. The lowest BCUT2D eigenvalue weighted by atomic mass is 9.84. The number of amides is 1. The van der Waals surface area contributed by atoms with Crippen molar-refractivity contribution in [2.75, 3.05) is 13.7 Å². The minimum Gasteiger partial charge on any atom is -0.494 e. The Labute approximate surface area is 108 Å². The summed E-state index contributed by atoms with van der Waals surface area (Å²) in [6, 6.07) is 4.81. The number of carbonyl (C=O) groups is 1. The van der Waals surface area contributed by atoms with Crippen molar-refractivity contribution in [1.29, 1.82) is 0 Å². The molecular weight excluding hydrogens is 289 g/mol. The molecule has 94 valence electrons. The Morgan fingerprint density at radius 2 is 2.18 bits per heavy atom. The van der Waals surface area contributed by atoms with Gasteiger partial charge in [-0.3, -0.25) is 4.79 Å². The van der Waals surface area contributed by atoms with E-state index < -0.39 is 5.82 Å². The lowest BCUT2D eigenvalue weighted by Crippen LogP contribution is -2.34. The summed E-state index contributed by atoms with van der Waals surface area (Å²) in [5, 5.41) is 2.66. The third kappa shape index (κ3) is 3.70. The fourth-order valence-corrected chi connectivity index (χ4v) is 1.62. The SMILES string of the molecule is COc1ccc(C(C)(C)CNC(=O)Br)cc1F. The van der Waals surface area contributed by atoms with Gasteiger partial charge < -0.3 is 10.1 Å². The largest absolute Gasteiger partial charge is 0.494 e. The highest BCUT2D eigenvalue weighted by atomic mass is 79.9. The van der Waals surface area contributed by atoms with Crippen molar-refractivity contribution in [3.05, 3.63) is 29.6 Å². The number of ether oxygens (including phenoxy) is 1. The van der Waals surface area contributed by atoms with Crippen molar-refractivity contribution in [3.63, 3.8) is 0 Å². The predicted octanol–water partition coefficient (Wildman–Crippen LogP) is 3.22. The number of benzene rings is 1. The van der Waals surface area contributed by atoms with E-state index in [1.54, 1.807) is 12.1 Å². The number of hydrogen-bond donors (Lipinski definition) is 1. The van der Waals surface area contributed by atoms with E-state index in [9.17, 15) is 9.18 Å². The van der Waals surface area contributed by atoms with Crippen LogP contribution in [0.25, 0.3) is 0 Å². The van der Waals surface area contributed by atoms with E-state index in [0.29, 0.717) is 6.54 Å². The molecule has 1 amide bonds. The molecule has 0 saturated carbocycles. The second-order valence-corrected chi connectivity index (χ2v) is 5.08. The first-order valence-electron chi connectivity index (χ1n) is 5.14. The summed E-state index contributed by atoms with van der Waals surface area (Å²) in [4.78, 5) is 10.5. The normalized spacial score (nSPS) is 11.1. The predicted molar refractivity (Wildman–Crippen MR) is 68.3 cm³/mol. The van der Waals surface area contributed by atoms with Crippen molar-refractivity contribution >= 4 is 20.7 Å². The van der Waals surface area contributed by atoms with Crippen LogP contribution >= 0.6 is 15.9 Å². The Hall–Kier alpha value is -1.10. The molecule has 0 fully saturated rings. The molecule has 0 saturated heterocycles. The van der Waals surface area contributed by atoms with Gasteiger partial charge in [0.1, 0.15) is 0 Å². The molecule has 0 atom stereocenters. The second-order valence-electron chi connectivity index (χ2n) is 4.36. The lowest BCUT2D eigenvalue weighted by molar-refractivity contribution is 0.259. The quantitative estimate of drug-likeness (QED) is 0.685.